The second kappa shape index (κ2) is 11.2. The summed E-state index contributed by atoms with van der Waals surface area (Å²) in [6, 6.07) is 0. The average molecular weight is 259 g/mol. The van der Waals surface area contributed by atoms with Gasteiger partial charge in [0.1, 0.15) is 6.61 Å². The molecular weight excluding hydrogens is 248 g/mol. The summed E-state index contributed by atoms with van der Waals surface area (Å²) in [4.78, 5) is 10.5. The number of hydrogen-bond donors (Lipinski definition) is 0. The van der Waals surface area contributed by atoms with E-state index in [9.17, 15) is 4.79 Å². The van der Waals surface area contributed by atoms with E-state index in [2.05, 4.69) is 47.4 Å². The number of carbonyl (C=O) groups excluding carboxylic acids is 1. The van der Waals surface area contributed by atoms with Crippen LogP contribution in [-0.4, -0.2) is 18.0 Å². The van der Waals surface area contributed by atoms with Gasteiger partial charge in [-0.25, -0.2) is 0 Å². The molecule has 3 heteroatoms. The van der Waals surface area contributed by atoms with Crippen LogP contribution in [0.5, 0.6) is 0 Å². The monoisotopic (exact) mass is 258 g/mol. The molecule has 2 nitrogen and oxygen atoms in total. The Morgan fingerprint density at radius 3 is 2.44 bits per heavy atom. The molecule has 0 aromatic heterocycles. The lowest BCUT2D eigenvalue weighted by Gasteiger charge is -2.02. The van der Waals surface area contributed by atoms with Crippen molar-refractivity contribution in [1.82, 2.24) is 0 Å². The minimum Gasteiger partial charge on any atom is -0.464 e. The van der Waals surface area contributed by atoms with Gasteiger partial charge in [0.05, 0.1) is 5.38 Å². The molecule has 0 aliphatic heterocycles. The zero-order chi connectivity index (χ0) is 13.6. The molecule has 0 N–H and O–H groups in total. The first-order valence-electron chi connectivity index (χ1n) is 5.03. The summed E-state index contributed by atoms with van der Waals surface area (Å²) < 4.78 is 4.71. The quantitative estimate of drug-likeness (QED) is 0.438. The van der Waals surface area contributed by atoms with Crippen molar-refractivity contribution in [3.8, 4) is 47.4 Å². The van der Waals surface area contributed by atoms with Gasteiger partial charge in [0.25, 0.3) is 0 Å². The van der Waals surface area contributed by atoms with Crippen LogP contribution in [0.4, 0.5) is 0 Å². The molecule has 0 bridgehead atoms. The fourth-order valence-corrected chi connectivity index (χ4v) is 0.806. The maximum atomic E-state index is 10.5. The van der Waals surface area contributed by atoms with Crippen molar-refractivity contribution in [3.05, 3.63) is 12.2 Å². The molecule has 18 heavy (non-hydrogen) atoms. The van der Waals surface area contributed by atoms with Crippen LogP contribution in [0.1, 0.15) is 13.8 Å². The molecule has 0 saturated heterocycles. The van der Waals surface area contributed by atoms with Gasteiger partial charge in [-0.1, -0.05) is 17.9 Å². The van der Waals surface area contributed by atoms with Crippen molar-refractivity contribution >= 4 is 17.6 Å². The van der Waals surface area contributed by atoms with Gasteiger partial charge in [-0.3, -0.25) is 4.79 Å². The van der Waals surface area contributed by atoms with E-state index in [4.69, 9.17) is 16.3 Å². The second-order valence-electron chi connectivity index (χ2n) is 2.82. The van der Waals surface area contributed by atoms with E-state index in [-0.39, 0.29) is 12.6 Å². The predicted molar refractivity (Wildman–Crippen MR) is 72.2 cm³/mol. The Hall–Kier alpha value is -2.26. The van der Waals surface area contributed by atoms with Crippen LogP contribution in [0.25, 0.3) is 0 Å². The average Bonchev–Trinajstić information content (AvgIpc) is 2.34. The lowest BCUT2D eigenvalue weighted by molar-refractivity contribution is -0.140. The fourth-order valence-electron chi connectivity index (χ4n) is 0.670. The molecule has 0 aliphatic rings. The summed E-state index contributed by atoms with van der Waals surface area (Å²) in [5.74, 6) is 20.2. The first kappa shape index (κ1) is 15.7. The normalized spacial score (nSPS) is 9.28. The van der Waals surface area contributed by atoms with Crippen molar-refractivity contribution in [3.63, 3.8) is 0 Å². The lowest BCUT2D eigenvalue weighted by Crippen LogP contribution is -2.09. The van der Waals surface area contributed by atoms with Gasteiger partial charge in [0, 0.05) is 6.92 Å². The van der Waals surface area contributed by atoms with E-state index in [1.165, 1.54) is 6.92 Å². The van der Waals surface area contributed by atoms with Crippen molar-refractivity contribution in [2.75, 3.05) is 6.61 Å². The molecular formula is C15H11ClO2. The van der Waals surface area contributed by atoms with E-state index in [0.717, 1.165) is 0 Å². The van der Waals surface area contributed by atoms with Crippen molar-refractivity contribution < 1.29 is 9.53 Å². The first-order valence-corrected chi connectivity index (χ1v) is 5.47. The van der Waals surface area contributed by atoms with Gasteiger partial charge in [-0.2, -0.15) is 0 Å². The van der Waals surface area contributed by atoms with Gasteiger partial charge in [-0.15, -0.1) is 11.6 Å². The number of hydrogen-bond acceptors (Lipinski definition) is 2. The van der Waals surface area contributed by atoms with Crippen LogP contribution in [-0.2, 0) is 9.53 Å². The molecule has 1 atom stereocenters. The van der Waals surface area contributed by atoms with E-state index in [1.54, 1.807) is 19.1 Å². The Morgan fingerprint density at radius 1 is 1.22 bits per heavy atom. The van der Waals surface area contributed by atoms with Gasteiger partial charge >= 0.3 is 5.97 Å². The Bertz CT molecular complexity index is 542. The van der Waals surface area contributed by atoms with Gasteiger partial charge in [0.2, 0.25) is 0 Å². The van der Waals surface area contributed by atoms with Crippen LogP contribution >= 0.6 is 11.6 Å². The highest BCUT2D eigenvalue weighted by Crippen LogP contribution is 1.98. The van der Waals surface area contributed by atoms with E-state index in [1.807, 2.05) is 0 Å². The van der Waals surface area contributed by atoms with Crippen molar-refractivity contribution in [2.24, 2.45) is 0 Å². The van der Waals surface area contributed by atoms with Gasteiger partial charge in [0.15, 0.2) is 0 Å². The third-order valence-corrected chi connectivity index (χ3v) is 1.62. The zero-order valence-electron chi connectivity index (χ0n) is 10.1. The highest BCUT2D eigenvalue weighted by molar-refractivity contribution is 6.22. The minimum absolute atomic E-state index is 0.127. The standard InChI is InChI=1S/C15H11ClO2/c1-3-4-5-6-7-8-9-10-11-12-15(16)13-18-14(2)17/h11-12,15H,13H2,1-2H3. The van der Waals surface area contributed by atoms with E-state index >= 15 is 0 Å². The Morgan fingerprint density at radius 2 is 1.83 bits per heavy atom. The number of esters is 1. The Balaban J connectivity index is 4.05. The number of rotatable bonds is 3. The summed E-state index contributed by atoms with van der Waals surface area (Å²) in [5.41, 5.74) is 0. The van der Waals surface area contributed by atoms with Crippen molar-refractivity contribution in [2.45, 2.75) is 19.2 Å². The largest absolute Gasteiger partial charge is 0.464 e. The fraction of sp³-hybridized carbons (Fsp3) is 0.267. The maximum absolute atomic E-state index is 10.5. The van der Waals surface area contributed by atoms with Crippen LogP contribution in [0, 0.1) is 47.4 Å². The summed E-state index contributed by atoms with van der Waals surface area (Å²) in [6.07, 6.45) is 3.17. The molecule has 0 aromatic carbocycles. The summed E-state index contributed by atoms with van der Waals surface area (Å²) in [7, 11) is 0. The topological polar surface area (TPSA) is 26.3 Å². The highest BCUT2D eigenvalue weighted by Gasteiger charge is 2.00. The van der Waals surface area contributed by atoms with E-state index < -0.39 is 5.38 Å². The van der Waals surface area contributed by atoms with Gasteiger partial charge < -0.3 is 4.74 Å². The van der Waals surface area contributed by atoms with Crippen molar-refractivity contribution in [1.29, 1.82) is 0 Å². The maximum Gasteiger partial charge on any atom is 0.302 e. The Labute approximate surface area is 113 Å². The third kappa shape index (κ3) is 11.8. The SMILES string of the molecule is CC#CC#CC#CC#CC=CC(Cl)COC(C)=O. The first-order chi connectivity index (χ1) is 8.66. The zero-order valence-corrected chi connectivity index (χ0v) is 10.9. The molecule has 0 aliphatic carbocycles. The molecule has 0 aromatic rings. The number of carbonyl (C=O) groups is 1. The molecule has 0 saturated carbocycles. The molecule has 0 spiro atoms. The molecule has 90 valence electrons. The Kier molecular flexibility index (Phi) is 9.82. The summed E-state index contributed by atoms with van der Waals surface area (Å²) >= 11 is 5.82. The highest BCUT2D eigenvalue weighted by atomic mass is 35.5. The van der Waals surface area contributed by atoms with Crippen LogP contribution < -0.4 is 0 Å². The molecule has 0 radical (unpaired) electrons. The second-order valence-corrected chi connectivity index (χ2v) is 3.38. The summed E-state index contributed by atoms with van der Waals surface area (Å²) in [5, 5.41) is -0.393. The lowest BCUT2D eigenvalue weighted by atomic mass is 10.4. The predicted octanol–water partition coefficient (Wildman–Crippen LogP) is 1.75. The molecule has 0 heterocycles. The molecule has 0 rings (SSSR count). The number of alkyl halides is 1. The van der Waals surface area contributed by atoms with Crippen LogP contribution in [0.15, 0.2) is 12.2 Å². The molecule has 0 amide bonds. The van der Waals surface area contributed by atoms with E-state index in [0.29, 0.717) is 0 Å². The van der Waals surface area contributed by atoms with Gasteiger partial charge in [-0.05, 0) is 48.5 Å². The molecule has 1 unspecified atom stereocenters. The third-order valence-electron chi connectivity index (χ3n) is 1.34. The molecule has 0 fully saturated rings. The number of ether oxygens (including phenoxy) is 1. The van der Waals surface area contributed by atoms with Crippen LogP contribution in [0.2, 0.25) is 0 Å². The smallest absolute Gasteiger partial charge is 0.302 e. The summed E-state index contributed by atoms with van der Waals surface area (Å²) in [6.45, 7) is 3.15. The van der Waals surface area contributed by atoms with Crippen LogP contribution in [0.3, 0.4) is 0 Å². The number of allylic oxidation sites excluding steroid dienone is 1. The number of halogens is 1. The minimum atomic E-state index is -0.393.